The summed E-state index contributed by atoms with van der Waals surface area (Å²) in [4.78, 5) is 58.4. The van der Waals surface area contributed by atoms with E-state index in [0.29, 0.717) is 18.5 Å². The van der Waals surface area contributed by atoms with Gasteiger partial charge in [0.25, 0.3) is 0 Å². The van der Waals surface area contributed by atoms with Gasteiger partial charge in [0, 0.05) is 19.0 Å². The van der Waals surface area contributed by atoms with E-state index in [1.165, 1.54) is 4.90 Å². The highest BCUT2D eigenvalue weighted by atomic mass is 16.6. The molecule has 0 aromatic heterocycles. The summed E-state index contributed by atoms with van der Waals surface area (Å²) in [7, 11) is 0. The van der Waals surface area contributed by atoms with Crippen LogP contribution in [0.4, 0.5) is 0 Å². The monoisotopic (exact) mass is 579 g/mol. The Morgan fingerprint density at radius 3 is 2.55 bits per heavy atom. The van der Waals surface area contributed by atoms with Crippen LogP contribution in [0.2, 0.25) is 0 Å². The number of benzene rings is 1. The highest BCUT2D eigenvalue weighted by Gasteiger charge is 2.72. The van der Waals surface area contributed by atoms with E-state index in [9.17, 15) is 24.3 Å². The van der Waals surface area contributed by atoms with Crippen molar-refractivity contribution in [2.45, 2.75) is 82.4 Å². The van der Waals surface area contributed by atoms with Gasteiger partial charge in [-0.1, -0.05) is 68.0 Å². The van der Waals surface area contributed by atoms with E-state index in [4.69, 9.17) is 9.47 Å². The number of likely N-dealkylation sites (tertiary alicyclic amines) is 1. The average Bonchev–Trinajstić information content (AvgIpc) is 3.37. The average molecular weight is 580 g/mol. The Hall–Kier alpha value is -3.50. The Labute approximate surface area is 246 Å². The second-order valence-corrected chi connectivity index (χ2v) is 11.8. The summed E-state index contributed by atoms with van der Waals surface area (Å²) in [6, 6.07) is 7.35. The maximum Gasteiger partial charge on any atom is 0.313 e. The maximum absolute atomic E-state index is 14.3. The van der Waals surface area contributed by atoms with Crippen LogP contribution in [0.1, 0.15) is 58.1 Å². The lowest BCUT2D eigenvalue weighted by molar-refractivity contribution is -0.160. The number of fused-ring (bicyclic) bond motifs is 2. The van der Waals surface area contributed by atoms with Crippen LogP contribution < -0.4 is 5.32 Å². The fraction of sp³-hybridized carbons (Fsp3) is 0.562. The number of hydrogen-bond acceptors (Lipinski definition) is 7. The van der Waals surface area contributed by atoms with Crippen LogP contribution in [0.15, 0.2) is 54.6 Å². The second kappa shape index (κ2) is 12.4. The number of amides is 3. The molecule has 1 unspecified atom stereocenters. The standard InChI is InChI=1S/C32H41N3O7/c1-4-11-20(2)34-17-10-16-32-27(29(38)35(21(3)19-36)28(32)30(34)39)26-23(42-32)14-8-9-15-25(37)33-18-24(41-31(26)40)22-12-6-5-7-13-22/h5-8,10,12-14,16,20-21,23-24,26-28,36H,4,9,11,15,17-19H2,1-3H3,(H,33,37)/b14-8-/t20?,21-,23-,24+,26+,27+,28-,32+/m1/s1. The van der Waals surface area contributed by atoms with E-state index in [2.05, 4.69) is 12.2 Å². The van der Waals surface area contributed by atoms with Crippen molar-refractivity contribution < 1.29 is 33.8 Å². The largest absolute Gasteiger partial charge is 0.455 e. The Morgan fingerprint density at radius 2 is 1.83 bits per heavy atom. The van der Waals surface area contributed by atoms with Gasteiger partial charge < -0.3 is 29.7 Å². The predicted octanol–water partition coefficient (Wildman–Crippen LogP) is 2.29. The quantitative estimate of drug-likeness (QED) is 0.391. The molecule has 226 valence electrons. The van der Waals surface area contributed by atoms with Gasteiger partial charge in [0.2, 0.25) is 17.7 Å². The van der Waals surface area contributed by atoms with Crippen molar-refractivity contribution in [3.8, 4) is 0 Å². The van der Waals surface area contributed by atoms with Gasteiger partial charge in [0.1, 0.15) is 23.7 Å². The topological polar surface area (TPSA) is 125 Å². The van der Waals surface area contributed by atoms with Crippen LogP contribution in [-0.4, -0.2) is 88.1 Å². The van der Waals surface area contributed by atoms with Crippen LogP contribution in [-0.2, 0) is 28.7 Å². The summed E-state index contributed by atoms with van der Waals surface area (Å²) < 4.78 is 12.8. The van der Waals surface area contributed by atoms with Crippen molar-refractivity contribution in [3.63, 3.8) is 0 Å². The van der Waals surface area contributed by atoms with Crippen LogP contribution in [0, 0.1) is 11.8 Å². The Balaban J connectivity index is 1.59. The highest BCUT2D eigenvalue weighted by molar-refractivity contribution is 5.99. The van der Waals surface area contributed by atoms with E-state index in [1.54, 1.807) is 30.1 Å². The highest BCUT2D eigenvalue weighted by Crippen LogP contribution is 2.53. The summed E-state index contributed by atoms with van der Waals surface area (Å²) in [6.45, 7) is 5.83. The van der Waals surface area contributed by atoms with Gasteiger partial charge >= 0.3 is 5.97 Å². The molecule has 1 aromatic rings. The summed E-state index contributed by atoms with van der Waals surface area (Å²) in [5.74, 6) is -3.55. The Kier molecular flexibility index (Phi) is 8.84. The normalized spacial score (nSPS) is 33.8. The molecule has 2 saturated heterocycles. The van der Waals surface area contributed by atoms with Gasteiger partial charge in [0.05, 0.1) is 31.2 Å². The molecule has 0 bridgehead atoms. The van der Waals surface area contributed by atoms with Gasteiger partial charge in [0.15, 0.2) is 0 Å². The third-order valence-corrected chi connectivity index (χ3v) is 8.99. The SMILES string of the molecule is CCCC(C)N1CC=C[C@]23O[C@@H]4/C=C\CCC(=O)NC[C@@H](c5ccccc5)OC(=O)[C@@H]4[C@H]2C(=O)N([C@H](C)CO)[C@@H]3C1=O. The molecule has 4 aliphatic rings. The van der Waals surface area contributed by atoms with Crippen molar-refractivity contribution in [2.75, 3.05) is 19.7 Å². The zero-order valence-electron chi connectivity index (χ0n) is 24.5. The van der Waals surface area contributed by atoms with Crippen molar-refractivity contribution in [3.05, 3.63) is 60.2 Å². The molecule has 5 rings (SSSR count). The molecule has 42 heavy (non-hydrogen) atoms. The Morgan fingerprint density at radius 1 is 1.07 bits per heavy atom. The number of nitrogens with one attached hydrogen (secondary N) is 1. The molecule has 2 fully saturated rings. The van der Waals surface area contributed by atoms with Crippen LogP contribution >= 0.6 is 0 Å². The van der Waals surface area contributed by atoms with Gasteiger partial charge in [-0.3, -0.25) is 19.2 Å². The van der Waals surface area contributed by atoms with Gasteiger partial charge in [-0.05, 0) is 32.3 Å². The lowest BCUT2D eigenvalue weighted by Gasteiger charge is -2.39. The number of aliphatic hydroxyl groups excluding tert-OH is 1. The minimum atomic E-state index is -1.42. The molecule has 1 spiro atoms. The van der Waals surface area contributed by atoms with Crippen molar-refractivity contribution in [1.29, 1.82) is 0 Å². The number of aliphatic hydroxyl groups is 1. The molecule has 2 N–H and O–H groups in total. The first-order chi connectivity index (χ1) is 20.2. The van der Waals surface area contributed by atoms with Crippen molar-refractivity contribution in [1.82, 2.24) is 15.1 Å². The first kappa shape index (κ1) is 30.0. The Bertz CT molecular complexity index is 1250. The summed E-state index contributed by atoms with van der Waals surface area (Å²) in [5.41, 5.74) is -0.715. The van der Waals surface area contributed by atoms with Crippen LogP contribution in [0.25, 0.3) is 0 Å². The molecular weight excluding hydrogens is 538 g/mol. The molecule has 4 aliphatic heterocycles. The first-order valence-corrected chi connectivity index (χ1v) is 15.0. The number of carbonyl (C=O) groups excluding carboxylic acids is 4. The third-order valence-electron chi connectivity index (χ3n) is 8.99. The van der Waals surface area contributed by atoms with Gasteiger partial charge in [-0.15, -0.1) is 0 Å². The number of hydrogen-bond donors (Lipinski definition) is 2. The molecule has 0 radical (unpaired) electrons. The minimum Gasteiger partial charge on any atom is -0.455 e. The van der Waals surface area contributed by atoms with E-state index < -0.39 is 53.6 Å². The summed E-state index contributed by atoms with van der Waals surface area (Å²) in [5, 5.41) is 13.0. The fourth-order valence-electron chi connectivity index (χ4n) is 6.90. The lowest BCUT2D eigenvalue weighted by Crippen LogP contribution is -2.58. The van der Waals surface area contributed by atoms with E-state index in [1.807, 2.05) is 43.3 Å². The first-order valence-electron chi connectivity index (χ1n) is 15.0. The fourth-order valence-corrected chi connectivity index (χ4v) is 6.90. The predicted molar refractivity (Wildman–Crippen MR) is 154 cm³/mol. The third kappa shape index (κ3) is 5.26. The molecule has 0 aliphatic carbocycles. The molecule has 3 amide bonds. The molecule has 10 heteroatoms. The zero-order chi connectivity index (χ0) is 30.0. The number of carbonyl (C=O) groups is 4. The molecule has 1 aromatic carbocycles. The number of cyclic esters (lactones) is 1. The van der Waals surface area contributed by atoms with Crippen LogP contribution in [0.3, 0.4) is 0 Å². The zero-order valence-corrected chi connectivity index (χ0v) is 24.5. The summed E-state index contributed by atoms with van der Waals surface area (Å²) in [6.07, 6.45) is 7.85. The molecule has 8 atom stereocenters. The van der Waals surface area contributed by atoms with E-state index in [0.717, 1.165) is 12.8 Å². The van der Waals surface area contributed by atoms with E-state index >= 15 is 0 Å². The number of nitrogens with zero attached hydrogens (tertiary/aromatic N) is 2. The number of esters is 1. The molecule has 10 nitrogen and oxygen atoms in total. The van der Waals surface area contributed by atoms with Gasteiger partial charge in [-0.2, -0.15) is 0 Å². The molecular formula is C32H41N3O7. The van der Waals surface area contributed by atoms with Crippen molar-refractivity contribution >= 4 is 23.7 Å². The van der Waals surface area contributed by atoms with Crippen molar-refractivity contribution in [2.24, 2.45) is 11.8 Å². The number of rotatable bonds is 6. The van der Waals surface area contributed by atoms with E-state index in [-0.39, 0.29) is 37.4 Å². The number of allylic oxidation sites excluding steroid dienone is 1. The molecule has 4 heterocycles. The minimum absolute atomic E-state index is 0.0705. The van der Waals surface area contributed by atoms with Gasteiger partial charge in [-0.25, -0.2) is 0 Å². The number of ether oxygens (including phenoxy) is 2. The lowest BCUT2D eigenvalue weighted by atomic mass is 9.77. The maximum atomic E-state index is 14.3. The molecule has 0 saturated carbocycles. The second-order valence-electron chi connectivity index (χ2n) is 11.8. The van der Waals surface area contributed by atoms with Crippen LogP contribution in [0.5, 0.6) is 0 Å². The smallest absolute Gasteiger partial charge is 0.313 e. The summed E-state index contributed by atoms with van der Waals surface area (Å²) >= 11 is 0.